The van der Waals surface area contributed by atoms with Crippen molar-refractivity contribution in [1.29, 1.82) is 0 Å². The lowest BCUT2D eigenvalue weighted by Crippen LogP contribution is -2.05. The van der Waals surface area contributed by atoms with Gasteiger partial charge in [0.05, 0.1) is 20.1 Å². The number of methoxy groups -OCH3 is 2. The first kappa shape index (κ1) is 13.5. The van der Waals surface area contributed by atoms with E-state index in [0.29, 0.717) is 16.8 Å². The molecule has 5 heteroatoms. The zero-order chi connectivity index (χ0) is 12.1. The molecule has 0 aliphatic rings. The van der Waals surface area contributed by atoms with Gasteiger partial charge in [-0.3, -0.25) is 0 Å². The lowest BCUT2D eigenvalue weighted by molar-refractivity contribution is -0.108. The van der Waals surface area contributed by atoms with Crippen molar-refractivity contribution in [2.24, 2.45) is 0 Å². The highest BCUT2D eigenvalue weighted by atomic mass is 79.9. The van der Waals surface area contributed by atoms with Crippen molar-refractivity contribution in [2.45, 2.75) is 5.92 Å². The van der Waals surface area contributed by atoms with Gasteiger partial charge in [-0.2, -0.15) is 0 Å². The van der Waals surface area contributed by atoms with E-state index in [0.717, 1.165) is 16.3 Å². The summed E-state index contributed by atoms with van der Waals surface area (Å²) in [7, 11) is 3.13. The minimum Gasteiger partial charge on any atom is -0.493 e. The molecule has 0 spiro atoms. The molecule has 1 aromatic rings. The summed E-state index contributed by atoms with van der Waals surface area (Å²) in [5.41, 5.74) is 0.806. The average molecular weight is 352 g/mol. The van der Waals surface area contributed by atoms with Crippen LogP contribution < -0.4 is 9.47 Å². The van der Waals surface area contributed by atoms with E-state index in [9.17, 15) is 4.79 Å². The van der Waals surface area contributed by atoms with Gasteiger partial charge < -0.3 is 14.3 Å². The second kappa shape index (κ2) is 6.25. The third-order valence-corrected chi connectivity index (χ3v) is 3.36. The van der Waals surface area contributed by atoms with Crippen molar-refractivity contribution < 1.29 is 14.3 Å². The molecule has 0 saturated carbocycles. The van der Waals surface area contributed by atoms with Gasteiger partial charge in [0, 0.05) is 15.4 Å². The van der Waals surface area contributed by atoms with Crippen molar-refractivity contribution in [1.82, 2.24) is 0 Å². The monoisotopic (exact) mass is 350 g/mol. The van der Waals surface area contributed by atoms with Crippen LogP contribution in [0, 0.1) is 0 Å². The molecular formula is C11H12Br2O3. The summed E-state index contributed by atoms with van der Waals surface area (Å²) in [5.74, 6) is 0.961. The first-order valence-corrected chi connectivity index (χ1v) is 6.52. The standard InChI is InChI=1S/C11H12Br2O3/c1-15-10-4-8(13)3-9(11(10)16-2)7(5-12)6-14/h3-4,6-7H,5H2,1-2H3. The van der Waals surface area contributed by atoms with Crippen LogP contribution in [0.25, 0.3) is 0 Å². The molecule has 1 atom stereocenters. The van der Waals surface area contributed by atoms with Crippen molar-refractivity contribution in [2.75, 3.05) is 19.5 Å². The van der Waals surface area contributed by atoms with Crippen LogP contribution in [0.15, 0.2) is 16.6 Å². The van der Waals surface area contributed by atoms with Crippen molar-refractivity contribution in [3.63, 3.8) is 0 Å². The summed E-state index contributed by atoms with van der Waals surface area (Å²) in [5, 5.41) is 0.548. The molecule has 0 fully saturated rings. The summed E-state index contributed by atoms with van der Waals surface area (Å²) in [6.07, 6.45) is 0.887. The highest BCUT2D eigenvalue weighted by Crippen LogP contribution is 2.38. The van der Waals surface area contributed by atoms with E-state index < -0.39 is 0 Å². The Kier molecular flexibility index (Phi) is 5.28. The van der Waals surface area contributed by atoms with E-state index in [4.69, 9.17) is 9.47 Å². The summed E-state index contributed by atoms with van der Waals surface area (Å²) in [4.78, 5) is 11.0. The minimum absolute atomic E-state index is 0.249. The van der Waals surface area contributed by atoms with Gasteiger partial charge in [0.2, 0.25) is 0 Å². The molecule has 88 valence electrons. The summed E-state index contributed by atoms with van der Waals surface area (Å²) >= 11 is 6.68. The topological polar surface area (TPSA) is 35.5 Å². The lowest BCUT2D eigenvalue weighted by atomic mass is 10.0. The van der Waals surface area contributed by atoms with E-state index in [2.05, 4.69) is 31.9 Å². The maximum Gasteiger partial charge on any atom is 0.164 e. The van der Waals surface area contributed by atoms with Gasteiger partial charge in [-0.1, -0.05) is 31.9 Å². The average Bonchev–Trinajstić information content (AvgIpc) is 2.30. The molecule has 1 unspecified atom stereocenters. The Hall–Kier alpha value is -0.550. The fourth-order valence-corrected chi connectivity index (χ4v) is 2.38. The van der Waals surface area contributed by atoms with E-state index in [1.54, 1.807) is 20.3 Å². The van der Waals surface area contributed by atoms with Gasteiger partial charge in [-0.15, -0.1) is 0 Å². The molecule has 0 N–H and O–H groups in total. The van der Waals surface area contributed by atoms with E-state index >= 15 is 0 Å². The van der Waals surface area contributed by atoms with Gasteiger partial charge in [0.15, 0.2) is 11.5 Å². The fraction of sp³-hybridized carbons (Fsp3) is 0.364. The molecular weight excluding hydrogens is 340 g/mol. The second-order valence-electron chi connectivity index (χ2n) is 3.13. The van der Waals surface area contributed by atoms with Crippen LogP contribution in [0.5, 0.6) is 11.5 Å². The Morgan fingerprint density at radius 2 is 2.06 bits per heavy atom. The SMILES string of the molecule is COc1cc(Br)cc(C(C=O)CBr)c1OC. The number of halogens is 2. The second-order valence-corrected chi connectivity index (χ2v) is 4.69. The Balaban J connectivity index is 3.34. The number of ether oxygens (including phenoxy) is 2. The van der Waals surface area contributed by atoms with Crippen LogP contribution >= 0.6 is 31.9 Å². The first-order chi connectivity index (χ1) is 7.67. The van der Waals surface area contributed by atoms with E-state index in [-0.39, 0.29) is 5.92 Å². The van der Waals surface area contributed by atoms with Gasteiger partial charge in [0.25, 0.3) is 0 Å². The predicted octanol–water partition coefficient (Wildman–Crippen LogP) is 3.14. The molecule has 0 bridgehead atoms. The molecule has 0 saturated heterocycles. The lowest BCUT2D eigenvalue weighted by Gasteiger charge is -2.16. The number of hydrogen-bond acceptors (Lipinski definition) is 3. The number of alkyl halides is 1. The number of hydrogen-bond donors (Lipinski definition) is 0. The van der Waals surface area contributed by atoms with Crippen LogP contribution in [0.2, 0.25) is 0 Å². The van der Waals surface area contributed by atoms with Crippen LogP contribution in [0.4, 0.5) is 0 Å². The Morgan fingerprint density at radius 3 is 2.50 bits per heavy atom. The summed E-state index contributed by atoms with van der Waals surface area (Å²) in [6, 6.07) is 3.67. The van der Waals surface area contributed by atoms with E-state index in [1.165, 1.54) is 0 Å². The van der Waals surface area contributed by atoms with Crippen molar-refractivity contribution in [3.8, 4) is 11.5 Å². The molecule has 0 amide bonds. The highest BCUT2D eigenvalue weighted by Gasteiger charge is 2.19. The Morgan fingerprint density at radius 1 is 1.38 bits per heavy atom. The zero-order valence-corrected chi connectivity index (χ0v) is 12.2. The molecule has 0 aliphatic heterocycles. The van der Waals surface area contributed by atoms with Gasteiger partial charge in [-0.25, -0.2) is 0 Å². The maximum atomic E-state index is 11.0. The maximum absolute atomic E-state index is 11.0. The molecule has 0 heterocycles. The van der Waals surface area contributed by atoms with Crippen LogP contribution in [-0.4, -0.2) is 25.8 Å². The Labute approximate surface area is 111 Å². The number of carbonyl (C=O) groups is 1. The first-order valence-electron chi connectivity index (χ1n) is 4.60. The molecule has 3 nitrogen and oxygen atoms in total. The molecule has 0 aromatic heterocycles. The molecule has 1 aromatic carbocycles. The quantitative estimate of drug-likeness (QED) is 0.604. The van der Waals surface area contributed by atoms with Gasteiger partial charge >= 0.3 is 0 Å². The normalized spacial score (nSPS) is 12.0. The predicted molar refractivity (Wildman–Crippen MR) is 69.8 cm³/mol. The summed E-state index contributed by atoms with van der Waals surface area (Å²) < 4.78 is 11.3. The number of benzene rings is 1. The molecule has 16 heavy (non-hydrogen) atoms. The zero-order valence-electron chi connectivity index (χ0n) is 9.00. The third-order valence-electron chi connectivity index (χ3n) is 2.20. The molecule has 0 aliphatic carbocycles. The van der Waals surface area contributed by atoms with Crippen molar-refractivity contribution >= 4 is 38.1 Å². The smallest absolute Gasteiger partial charge is 0.164 e. The summed E-state index contributed by atoms with van der Waals surface area (Å²) in [6.45, 7) is 0. The minimum atomic E-state index is -0.249. The molecule has 1 rings (SSSR count). The van der Waals surface area contributed by atoms with Crippen molar-refractivity contribution in [3.05, 3.63) is 22.2 Å². The van der Waals surface area contributed by atoms with E-state index in [1.807, 2.05) is 6.07 Å². The Bertz CT molecular complexity index is 380. The largest absolute Gasteiger partial charge is 0.493 e. The third kappa shape index (κ3) is 2.77. The number of carbonyl (C=O) groups excluding carboxylic acids is 1. The van der Waals surface area contributed by atoms with Crippen LogP contribution in [0.3, 0.4) is 0 Å². The highest BCUT2D eigenvalue weighted by molar-refractivity contribution is 9.10. The number of rotatable bonds is 5. The molecule has 0 radical (unpaired) electrons. The van der Waals surface area contributed by atoms with Crippen LogP contribution in [-0.2, 0) is 4.79 Å². The van der Waals surface area contributed by atoms with Gasteiger partial charge in [-0.05, 0) is 12.1 Å². The fourth-order valence-electron chi connectivity index (χ4n) is 1.43. The number of aldehydes is 1. The van der Waals surface area contributed by atoms with Gasteiger partial charge in [0.1, 0.15) is 6.29 Å². The van der Waals surface area contributed by atoms with Crippen LogP contribution in [0.1, 0.15) is 11.5 Å².